The van der Waals surface area contributed by atoms with Gasteiger partial charge in [0, 0.05) is 5.56 Å². The Morgan fingerprint density at radius 3 is 2.80 bits per heavy atom. The smallest absolute Gasteiger partial charge is 0.160 e. The van der Waals surface area contributed by atoms with E-state index in [4.69, 9.17) is 0 Å². The van der Waals surface area contributed by atoms with Gasteiger partial charge < -0.3 is 9.90 Å². The Kier molecular flexibility index (Phi) is 1.82. The predicted octanol–water partition coefficient (Wildman–Crippen LogP) is -0.0759. The number of aldehydes is 1. The van der Waals surface area contributed by atoms with Crippen LogP contribution in [0.15, 0.2) is 11.4 Å². The fourth-order valence-electron chi connectivity index (χ4n) is 0.581. The molecule has 0 aliphatic carbocycles. The van der Waals surface area contributed by atoms with Crippen LogP contribution in [0.1, 0.15) is 20.0 Å². The standard InChI is InChI=1S/C6H4O3S/c7-3-5-4(6(8)9)1-2-10-5/h1-3H,(H,8,9)/p-1. The van der Waals surface area contributed by atoms with Crippen LogP contribution in [0.25, 0.3) is 0 Å². The minimum Gasteiger partial charge on any atom is -0.545 e. The average molecular weight is 155 g/mol. The van der Waals surface area contributed by atoms with E-state index in [-0.39, 0.29) is 10.4 Å². The molecule has 3 nitrogen and oxygen atoms in total. The van der Waals surface area contributed by atoms with Gasteiger partial charge in [0.2, 0.25) is 0 Å². The van der Waals surface area contributed by atoms with Crippen molar-refractivity contribution in [2.75, 3.05) is 0 Å². The summed E-state index contributed by atoms with van der Waals surface area (Å²) in [7, 11) is 0. The second-order valence-electron chi connectivity index (χ2n) is 1.60. The van der Waals surface area contributed by atoms with Crippen molar-refractivity contribution in [3.05, 3.63) is 21.9 Å². The van der Waals surface area contributed by atoms with Crippen molar-refractivity contribution in [1.82, 2.24) is 0 Å². The highest BCUT2D eigenvalue weighted by Crippen LogP contribution is 2.12. The Bertz CT molecular complexity index is 264. The van der Waals surface area contributed by atoms with Crippen LogP contribution in [0.4, 0.5) is 0 Å². The molecule has 0 atom stereocenters. The van der Waals surface area contributed by atoms with Gasteiger partial charge in [-0.05, 0) is 11.4 Å². The van der Waals surface area contributed by atoms with Gasteiger partial charge in [-0.1, -0.05) is 0 Å². The maximum absolute atomic E-state index is 10.2. The molecule has 0 unspecified atom stereocenters. The fraction of sp³-hybridized carbons (Fsp3) is 0. The molecule has 0 aromatic carbocycles. The molecule has 0 aliphatic rings. The first-order valence-corrected chi connectivity index (χ1v) is 3.37. The van der Waals surface area contributed by atoms with Crippen molar-refractivity contribution in [3.8, 4) is 0 Å². The van der Waals surface area contributed by atoms with Crippen LogP contribution >= 0.6 is 11.3 Å². The van der Waals surface area contributed by atoms with Gasteiger partial charge in [0.05, 0.1) is 10.8 Å². The molecule has 0 saturated carbocycles. The molecule has 52 valence electrons. The van der Waals surface area contributed by atoms with Crippen LogP contribution in [0.2, 0.25) is 0 Å². The highest BCUT2D eigenvalue weighted by atomic mass is 32.1. The molecule has 0 saturated heterocycles. The lowest BCUT2D eigenvalue weighted by molar-refractivity contribution is -0.255. The number of rotatable bonds is 2. The molecule has 1 aromatic heterocycles. The van der Waals surface area contributed by atoms with Crippen molar-refractivity contribution in [3.63, 3.8) is 0 Å². The monoisotopic (exact) mass is 155 g/mol. The molecule has 1 aromatic rings. The first-order chi connectivity index (χ1) is 4.75. The van der Waals surface area contributed by atoms with Gasteiger partial charge in [0.15, 0.2) is 6.29 Å². The molecule has 1 rings (SSSR count). The molecule has 0 spiro atoms. The van der Waals surface area contributed by atoms with Crippen LogP contribution < -0.4 is 5.11 Å². The van der Waals surface area contributed by atoms with E-state index in [0.29, 0.717) is 6.29 Å². The van der Waals surface area contributed by atoms with E-state index in [2.05, 4.69) is 0 Å². The zero-order valence-corrected chi connectivity index (χ0v) is 5.68. The topological polar surface area (TPSA) is 57.2 Å². The minimum absolute atomic E-state index is 0.0278. The SMILES string of the molecule is O=Cc1sccc1C(=O)[O-]. The summed E-state index contributed by atoms with van der Waals surface area (Å²) in [6, 6.07) is 1.35. The third-order valence-corrected chi connectivity index (χ3v) is 1.86. The molecule has 4 heteroatoms. The number of hydrogen-bond donors (Lipinski definition) is 0. The maximum atomic E-state index is 10.2. The molecular weight excluding hydrogens is 152 g/mol. The lowest BCUT2D eigenvalue weighted by Gasteiger charge is -1.96. The number of carboxylic acids is 1. The van der Waals surface area contributed by atoms with Crippen LogP contribution in [-0.2, 0) is 0 Å². The van der Waals surface area contributed by atoms with Crippen molar-refractivity contribution in [2.45, 2.75) is 0 Å². The summed E-state index contributed by atoms with van der Waals surface area (Å²) in [4.78, 5) is 20.5. The third kappa shape index (κ3) is 1.06. The first-order valence-electron chi connectivity index (χ1n) is 2.49. The molecule has 1 heterocycles. The van der Waals surface area contributed by atoms with Crippen LogP contribution in [-0.4, -0.2) is 12.3 Å². The van der Waals surface area contributed by atoms with Gasteiger partial charge in [-0.3, -0.25) is 4.79 Å². The van der Waals surface area contributed by atoms with Crippen LogP contribution in [0, 0.1) is 0 Å². The second kappa shape index (κ2) is 2.62. The lowest BCUT2D eigenvalue weighted by Crippen LogP contribution is -2.22. The summed E-state index contributed by atoms with van der Waals surface area (Å²) in [6.45, 7) is 0. The Morgan fingerprint density at radius 1 is 1.70 bits per heavy atom. The quantitative estimate of drug-likeness (QED) is 0.561. The molecule has 0 amide bonds. The average Bonchev–Trinajstić information content (AvgIpc) is 2.33. The van der Waals surface area contributed by atoms with Gasteiger partial charge in [-0.25, -0.2) is 0 Å². The van der Waals surface area contributed by atoms with Crippen LogP contribution in [0.5, 0.6) is 0 Å². The van der Waals surface area contributed by atoms with Gasteiger partial charge in [-0.15, -0.1) is 11.3 Å². The maximum Gasteiger partial charge on any atom is 0.160 e. The third-order valence-electron chi connectivity index (χ3n) is 1.02. The number of aromatic carboxylic acids is 1. The Labute approximate surface area is 60.9 Å². The summed E-state index contributed by atoms with van der Waals surface area (Å²) in [5.41, 5.74) is -0.0278. The molecule has 10 heavy (non-hydrogen) atoms. The Morgan fingerprint density at radius 2 is 2.40 bits per heavy atom. The van der Waals surface area contributed by atoms with Gasteiger partial charge >= 0.3 is 0 Å². The predicted molar refractivity (Wildman–Crippen MR) is 34.0 cm³/mol. The minimum atomic E-state index is -1.30. The van der Waals surface area contributed by atoms with E-state index in [9.17, 15) is 14.7 Å². The molecule has 0 N–H and O–H groups in total. The van der Waals surface area contributed by atoms with E-state index in [1.54, 1.807) is 0 Å². The summed E-state index contributed by atoms with van der Waals surface area (Å²) in [5.74, 6) is -1.30. The van der Waals surface area contributed by atoms with Crippen molar-refractivity contribution in [2.24, 2.45) is 0 Å². The largest absolute Gasteiger partial charge is 0.545 e. The van der Waals surface area contributed by atoms with E-state index in [1.807, 2.05) is 0 Å². The van der Waals surface area contributed by atoms with E-state index in [0.717, 1.165) is 11.3 Å². The van der Waals surface area contributed by atoms with Gasteiger partial charge in [0.1, 0.15) is 0 Å². The summed E-state index contributed by atoms with van der Waals surface area (Å²) >= 11 is 1.09. The van der Waals surface area contributed by atoms with Crippen molar-refractivity contribution in [1.29, 1.82) is 0 Å². The molecule has 0 fully saturated rings. The molecular formula is C6H3O3S-. The number of carboxylic acid groups (broad SMARTS) is 1. The highest BCUT2D eigenvalue weighted by molar-refractivity contribution is 7.12. The fourth-order valence-corrected chi connectivity index (χ4v) is 1.27. The number of thiophene rings is 1. The van der Waals surface area contributed by atoms with E-state index >= 15 is 0 Å². The van der Waals surface area contributed by atoms with Crippen LogP contribution in [0.3, 0.4) is 0 Å². The zero-order valence-electron chi connectivity index (χ0n) is 4.87. The van der Waals surface area contributed by atoms with E-state index in [1.165, 1.54) is 11.4 Å². The van der Waals surface area contributed by atoms with E-state index < -0.39 is 5.97 Å². The molecule has 0 radical (unpaired) electrons. The molecule has 0 aliphatic heterocycles. The number of carbonyl (C=O) groups is 2. The second-order valence-corrected chi connectivity index (χ2v) is 2.55. The summed E-state index contributed by atoms with van der Waals surface area (Å²) in [6.07, 6.45) is 0.510. The number of hydrogen-bond acceptors (Lipinski definition) is 4. The van der Waals surface area contributed by atoms with Gasteiger partial charge in [-0.2, -0.15) is 0 Å². The molecule has 0 bridgehead atoms. The normalized spacial score (nSPS) is 9.20. The number of carbonyl (C=O) groups excluding carboxylic acids is 2. The van der Waals surface area contributed by atoms with Gasteiger partial charge in [0.25, 0.3) is 0 Å². The first kappa shape index (κ1) is 6.95. The zero-order chi connectivity index (χ0) is 7.56. The lowest BCUT2D eigenvalue weighted by atomic mass is 10.3. The summed E-state index contributed by atoms with van der Waals surface area (Å²) < 4.78 is 0. The van der Waals surface area contributed by atoms with Crippen molar-refractivity contribution >= 4 is 23.6 Å². The summed E-state index contributed by atoms with van der Waals surface area (Å²) in [5, 5.41) is 11.7. The Balaban J connectivity index is 3.13. The Hall–Kier alpha value is -1.16. The van der Waals surface area contributed by atoms with Crippen molar-refractivity contribution < 1.29 is 14.7 Å². The highest BCUT2D eigenvalue weighted by Gasteiger charge is 2.01.